The van der Waals surface area contributed by atoms with Crippen LogP contribution in [0.2, 0.25) is 0 Å². The molecule has 0 heterocycles. The summed E-state index contributed by atoms with van der Waals surface area (Å²) in [5.74, 6) is -3.58. The molecule has 0 saturated carbocycles. The van der Waals surface area contributed by atoms with Crippen molar-refractivity contribution < 1.29 is 43.7 Å². The number of ether oxygens (including phenoxy) is 2. The number of carbonyl (C=O) groups excluding carboxylic acids is 3. The molecule has 0 aromatic heterocycles. The maximum atomic E-state index is 12.7. The summed E-state index contributed by atoms with van der Waals surface area (Å²) in [5.41, 5.74) is 6.00. The Morgan fingerprint density at radius 2 is 0.964 bits per heavy atom. The third-order valence-corrected chi connectivity index (χ3v) is 11.1. The third-order valence-electron chi connectivity index (χ3n) is 9.90. The molecular formula is C43H80N2O9S. The minimum Gasteiger partial charge on any atom is -0.481 e. The van der Waals surface area contributed by atoms with Gasteiger partial charge in [0.15, 0.2) is 0 Å². The van der Waals surface area contributed by atoms with E-state index in [4.69, 9.17) is 20.3 Å². The molecule has 0 fully saturated rings. The summed E-state index contributed by atoms with van der Waals surface area (Å²) < 4.78 is 11.2. The molecule has 3 atom stereocenters. The van der Waals surface area contributed by atoms with E-state index < -0.39 is 42.5 Å². The Balaban J connectivity index is 4.59. The molecule has 0 aliphatic heterocycles. The number of nitrogens with two attached hydrogens (primary N) is 1. The topological polar surface area (TPSA) is 182 Å². The number of rotatable bonds is 41. The Labute approximate surface area is 338 Å². The molecule has 1 unspecified atom stereocenters. The smallest absolute Gasteiger partial charge is 0.326 e. The molecule has 0 aromatic carbocycles. The zero-order chi connectivity index (χ0) is 40.8. The number of aliphatic carboxylic acids is 2. The first-order valence-corrected chi connectivity index (χ1v) is 23.2. The molecule has 0 saturated heterocycles. The molecule has 55 heavy (non-hydrogen) atoms. The van der Waals surface area contributed by atoms with E-state index in [-0.39, 0.29) is 42.9 Å². The Morgan fingerprint density at radius 1 is 0.564 bits per heavy atom. The van der Waals surface area contributed by atoms with Gasteiger partial charge in [0.25, 0.3) is 0 Å². The second-order valence-electron chi connectivity index (χ2n) is 15.3. The van der Waals surface area contributed by atoms with Gasteiger partial charge in [-0.05, 0) is 19.3 Å². The molecule has 11 nitrogen and oxygen atoms in total. The van der Waals surface area contributed by atoms with Gasteiger partial charge in [-0.3, -0.25) is 19.2 Å². The number of carboxylic acids is 2. The predicted octanol–water partition coefficient (Wildman–Crippen LogP) is 9.90. The van der Waals surface area contributed by atoms with Gasteiger partial charge in [0.05, 0.1) is 6.04 Å². The van der Waals surface area contributed by atoms with Crippen LogP contribution in [0.15, 0.2) is 0 Å². The minimum absolute atomic E-state index is 0.0909. The van der Waals surface area contributed by atoms with Crippen molar-refractivity contribution in [1.29, 1.82) is 0 Å². The lowest BCUT2D eigenvalue weighted by molar-refractivity contribution is -0.157. The molecule has 0 aromatic rings. The van der Waals surface area contributed by atoms with Crippen LogP contribution in [0.1, 0.15) is 206 Å². The summed E-state index contributed by atoms with van der Waals surface area (Å²) in [7, 11) is 0. The number of hydrogen-bond donors (Lipinski definition) is 4. The van der Waals surface area contributed by atoms with Crippen LogP contribution in [-0.4, -0.2) is 76.3 Å². The predicted molar refractivity (Wildman–Crippen MR) is 223 cm³/mol. The number of amides is 1. The highest BCUT2D eigenvalue weighted by atomic mass is 32.2. The summed E-state index contributed by atoms with van der Waals surface area (Å²) in [6.07, 6.45) is 30.7. The molecule has 0 radical (unpaired) electrons. The zero-order valence-corrected chi connectivity index (χ0v) is 35.6. The van der Waals surface area contributed by atoms with Crippen molar-refractivity contribution in [1.82, 2.24) is 5.32 Å². The van der Waals surface area contributed by atoms with E-state index in [1.165, 1.54) is 140 Å². The first-order chi connectivity index (χ1) is 26.6. The monoisotopic (exact) mass is 801 g/mol. The van der Waals surface area contributed by atoms with Gasteiger partial charge in [-0.2, -0.15) is 11.8 Å². The second kappa shape index (κ2) is 38.5. The Kier molecular flexibility index (Phi) is 36.9. The lowest BCUT2D eigenvalue weighted by Crippen LogP contribution is -2.49. The molecular weight excluding hydrogens is 721 g/mol. The lowest BCUT2D eigenvalue weighted by Gasteiger charge is -2.20. The average Bonchev–Trinajstić information content (AvgIpc) is 3.15. The van der Waals surface area contributed by atoms with Gasteiger partial charge in [0.2, 0.25) is 5.91 Å². The molecule has 0 aliphatic rings. The summed E-state index contributed by atoms with van der Waals surface area (Å²) in [6.45, 7) is 4.39. The first-order valence-electron chi connectivity index (χ1n) is 22.0. The summed E-state index contributed by atoms with van der Waals surface area (Å²) in [6, 6.07) is -2.44. The van der Waals surface area contributed by atoms with Crippen LogP contribution >= 0.6 is 11.8 Å². The van der Waals surface area contributed by atoms with Crippen LogP contribution in [0, 0.1) is 0 Å². The van der Waals surface area contributed by atoms with Crippen LogP contribution in [0.4, 0.5) is 0 Å². The van der Waals surface area contributed by atoms with E-state index in [1.54, 1.807) is 0 Å². The number of carboxylic acid groups (broad SMARTS) is 2. The van der Waals surface area contributed by atoms with Gasteiger partial charge in [0, 0.05) is 30.8 Å². The second-order valence-corrected chi connectivity index (χ2v) is 16.3. The Hall–Kier alpha value is -2.34. The van der Waals surface area contributed by atoms with E-state index in [2.05, 4.69) is 19.2 Å². The zero-order valence-electron chi connectivity index (χ0n) is 34.8. The molecule has 12 heteroatoms. The van der Waals surface area contributed by atoms with Crippen LogP contribution < -0.4 is 11.1 Å². The normalized spacial score (nSPS) is 12.9. The van der Waals surface area contributed by atoms with Crippen LogP contribution in [0.3, 0.4) is 0 Å². The van der Waals surface area contributed by atoms with Crippen LogP contribution in [0.25, 0.3) is 0 Å². The van der Waals surface area contributed by atoms with E-state index in [9.17, 15) is 29.1 Å². The highest BCUT2D eigenvalue weighted by molar-refractivity contribution is 7.99. The van der Waals surface area contributed by atoms with Gasteiger partial charge in [-0.25, -0.2) is 4.79 Å². The van der Waals surface area contributed by atoms with Crippen molar-refractivity contribution in [2.24, 2.45) is 5.73 Å². The molecule has 0 rings (SSSR count). The SMILES string of the molecule is CCCCCCCCCCCCCCCC(=O)OC[C@H](CSC[C@H](N)C(=O)NC(CCC(=O)O)C(=O)O)OC(=O)CCCCCCCCCCCCCCC. The van der Waals surface area contributed by atoms with Gasteiger partial charge < -0.3 is 30.7 Å². The summed E-state index contributed by atoms with van der Waals surface area (Å²) in [5, 5.41) is 20.5. The number of unbranched alkanes of at least 4 members (excludes halogenated alkanes) is 24. The van der Waals surface area contributed by atoms with E-state index in [0.29, 0.717) is 6.42 Å². The van der Waals surface area contributed by atoms with Crippen LogP contribution in [-0.2, 0) is 33.4 Å². The summed E-state index contributed by atoms with van der Waals surface area (Å²) >= 11 is 1.23. The minimum atomic E-state index is -1.37. The highest BCUT2D eigenvalue weighted by Gasteiger charge is 2.25. The lowest BCUT2D eigenvalue weighted by atomic mass is 10.0. The highest BCUT2D eigenvalue weighted by Crippen LogP contribution is 2.16. The van der Waals surface area contributed by atoms with Crippen molar-refractivity contribution >= 4 is 41.5 Å². The quantitative estimate of drug-likeness (QED) is 0.0341. The number of carbonyl (C=O) groups is 5. The van der Waals surface area contributed by atoms with Crippen LogP contribution in [0.5, 0.6) is 0 Å². The molecule has 0 aliphatic carbocycles. The Morgan fingerprint density at radius 3 is 1.36 bits per heavy atom. The number of hydrogen-bond acceptors (Lipinski definition) is 9. The fourth-order valence-corrected chi connectivity index (χ4v) is 7.37. The van der Waals surface area contributed by atoms with Crippen molar-refractivity contribution in [3.05, 3.63) is 0 Å². The largest absolute Gasteiger partial charge is 0.481 e. The maximum absolute atomic E-state index is 12.7. The molecule has 5 N–H and O–H groups in total. The van der Waals surface area contributed by atoms with Gasteiger partial charge >= 0.3 is 23.9 Å². The van der Waals surface area contributed by atoms with Crippen molar-refractivity contribution in [2.45, 2.75) is 225 Å². The van der Waals surface area contributed by atoms with Gasteiger partial charge in [0.1, 0.15) is 18.8 Å². The Bertz CT molecular complexity index is 984. The van der Waals surface area contributed by atoms with Gasteiger partial charge in [-0.1, -0.05) is 168 Å². The van der Waals surface area contributed by atoms with Crippen molar-refractivity contribution in [2.75, 3.05) is 18.1 Å². The van der Waals surface area contributed by atoms with Crippen molar-refractivity contribution in [3.63, 3.8) is 0 Å². The fourth-order valence-electron chi connectivity index (χ4n) is 6.40. The molecule has 1 amide bonds. The van der Waals surface area contributed by atoms with E-state index >= 15 is 0 Å². The summed E-state index contributed by atoms with van der Waals surface area (Å²) in [4.78, 5) is 60.1. The van der Waals surface area contributed by atoms with Gasteiger partial charge in [-0.15, -0.1) is 0 Å². The molecule has 0 spiro atoms. The number of esters is 2. The third kappa shape index (κ3) is 35.8. The fraction of sp³-hybridized carbons (Fsp3) is 0.884. The molecule has 0 bridgehead atoms. The van der Waals surface area contributed by atoms with E-state index in [1.807, 2.05) is 0 Å². The van der Waals surface area contributed by atoms with E-state index in [0.717, 1.165) is 38.5 Å². The van der Waals surface area contributed by atoms with Crippen molar-refractivity contribution in [3.8, 4) is 0 Å². The number of nitrogens with one attached hydrogen (secondary N) is 1. The first kappa shape index (κ1) is 52.7. The standard InChI is InChI=1S/C43H80N2O9S/c1-3-5-7-9-11-13-15-17-19-21-23-25-27-29-40(48)53-33-36(34-55-35-37(44)42(50)45-38(43(51)52)31-32-39(46)47)54-41(49)30-28-26-24-22-20-18-16-14-12-10-8-6-4-2/h36-38H,3-35,44H2,1-2H3,(H,45,50)(H,46,47)(H,51,52)/t36-,37+,38?/m1/s1. The number of thioether (sulfide) groups is 1. The maximum Gasteiger partial charge on any atom is 0.326 e. The molecule has 322 valence electrons. The average molecular weight is 801 g/mol.